The first-order valence-electron chi connectivity index (χ1n) is 12.4. The number of nitrogens with zero attached hydrogens (tertiary/aromatic N) is 3. The number of thiocarbonyl (C=S) groups is 1. The van der Waals surface area contributed by atoms with Crippen LogP contribution in [0.2, 0.25) is 0 Å². The van der Waals surface area contributed by atoms with E-state index >= 15 is 0 Å². The molecule has 5 aromatic rings. The van der Waals surface area contributed by atoms with E-state index < -0.39 is 0 Å². The van der Waals surface area contributed by atoms with Gasteiger partial charge >= 0.3 is 0 Å². The Labute approximate surface area is 239 Å². The summed E-state index contributed by atoms with van der Waals surface area (Å²) in [7, 11) is 0. The number of aromatic nitrogens is 2. The summed E-state index contributed by atoms with van der Waals surface area (Å²) >= 11 is 15.3. The Balaban J connectivity index is 1.75. The molecule has 6 rings (SSSR count). The molecule has 0 saturated heterocycles. The van der Waals surface area contributed by atoms with Gasteiger partial charge in [-0.25, -0.2) is 9.98 Å². The van der Waals surface area contributed by atoms with Gasteiger partial charge in [0.1, 0.15) is 0 Å². The van der Waals surface area contributed by atoms with Crippen LogP contribution in [0.5, 0.6) is 0 Å². The summed E-state index contributed by atoms with van der Waals surface area (Å²) < 4.78 is 9.12. The average molecular weight is 600 g/mol. The Morgan fingerprint density at radius 1 is 0.921 bits per heavy atom. The van der Waals surface area contributed by atoms with Crippen molar-refractivity contribution in [1.82, 2.24) is 9.55 Å². The molecule has 0 fully saturated rings. The fraction of sp³-hybridized carbons (Fsp3) is 0.133. The lowest BCUT2D eigenvalue weighted by Gasteiger charge is -2.22. The zero-order valence-corrected chi connectivity index (χ0v) is 23.6. The standard InChI is InChI=1S/C30H23BrN4OS2/c31-23-17-9-7-15-21(23)25-22-16-8-10-18-24(22)33-28-26(25)27(34-29(37)32-19-11-3-1-4-12-19)35(30(38)36-28)20-13-5-2-6-14-20/h1-7,9,11-15,17H,8,10,16,18H2,(H,32,37)/b34-27+. The highest BCUT2D eigenvalue weighted by atomic mass is 79.9. The van der Waals surface area contributed by atoms with Gasteiger partial charge in [0.05, 0.1) is 11.1 Å². The molecule has 38 heavy (non-hydrogen) atoms. The summed E-state index contributed by atoms with van der Waals surface area (Å²) in [5.41, 5.74) is 7.14. The van der Waals surface area contributed by atoms with Crippen molar-refractivity contribution >= 4 is 62.3 Å². The number of rotatable bonds is 3. The molecule has 0 spiro atoms. The van der Waals surface area contributed by atoms with E-state index in [1.165, 1.54) is 5.56 Å². The van der Waals surface area contributed by atoms with Crippen molar-refractivity contribution in [3.63, 3.8) is 0 Å². The predicted molar refractivity (Wildman–Crippen MR) is 162 cm³/mol. The zero-order valence-electron chi connectivity index (χ0n) is 20.4. The van der Waals surface area contributed by atoms with Crippen LogP contribution in [-0.2, 0) is 12.8 Å². The molecular formula is C30H23BrN4OS2. The highest BCUT2D eigenvalue weighted by molar-refractivity contribution is 9.10. The third-order valence-corrected chi connectivity index (χ3v) is 7.78. The molecule has 1 aliphatic rings. The summed E-state index contributed by atoms with van der Waals surface area (Å²) in [6, 6.07) is 27.9. The Morgan fingerprint density at radius 3 is 2.37 bits per heavy atom. The highest BCUT2D eigenvalue weighted by Crippen LogP contribution is 2.38. The molecule has 1 aliphatic carbocycles. The number of fused-ring (bicyclic) bond motifs is 2. The number of halogens is 1. The van der Waals surface area contributed by atoms with Crippen molar-refractivity contribution in [2.45, 2.75) is 25.7 Å². The molecule has 5 nitrogen and oxygen atoms in total. The molecule has 0 atom stereocenters. The maximum atomic E-state index is 6.28. The van der Waals surface area contributed by atoms with Crippen molar-refractivity contribution < 1.29 is 4.42 Å². The van der Waals surface area contributed by atoms with Gasteiger partial charge in [0, 0.05) is 21.4 Å². The minimum Gasteiger partial charge on any atom is -0.411 e. The van der Waals surface area contributed by atoms with Gasteiger partial charge < -0.3 is 9.73 Å². The maximum absolute atomic E-state index is 6.28. The smallest absolute Gasteiger partial charge is 0.276 e. The van der Waals surface area contributed by atoms with Crippen molar-refractivity contribution in [3.05, 3.63) is 111 Å². The lowest BCUT2D eigenvalue weighted by atomic mass is 9.87. The lowest BCUT2D eigenvalue weighted by molar-refractivity contribution is 0.518. The van der Waals surface area contributed by atoms with Gasteiger partial charge in [0.15, 0.2) is 10.6 Å². The fourth-order valence-corrected chi connectivity index (χ4v) is 5.93. The normalized spacial score (nSPS) is 13.3. The van der Waals surface area contributed by atoms with Gasteiger partial charge in [0.25, 0.3) is 4.84 Å². The minimum absolute atomic E-state index is 0.256. The predicted octanol–water partition coefficient (Wildman–Crippen LogP) is 7.95. The molecule has 2 heterocycles. The molecule has 1 N–H and O–H groups in total. The SMILES string of the molecule is S=C(/N=c1\c2c(-c3ccccc3Br)c3c(nc2oc(=S)n1-c1ccccc1)CCCC3)Nc1ccccc1. The number of anilines is 1. The van der Waals surface area contributed by atoms with E-state index in [4.69, 9.17) is 38.8 Å². The highest BCUT2D eigenvalue weighted by Gasteiger charge is 2.24. The number of benzene rings is 3. The van der Waals surface area contributed by atoms with Crippen LogP contribution in [0.3, 0.4) is 0 Å². The quantitative estimate of drug-likeness (QED) is 0.213. The molecular weight excluding hydrogens is 576 g/mol. The summed E-state index contributed by atoms with van der Waals surface area (Å²) in [5, 5.41) is 4.35. The van der Waals surface area contributed by atoms with E-state index in [0.29, 0.717) is 16.3 Å². The second kappa shape index (κ2) is 10.7. The van der Waals surface area contributed by atoms with E-state index in [1.807, 2.05) is 77.4 Å². The summed E-state index contributed by atoms with van der Waals surface area (Å²) in [6.45, 7) is 0. The summed E-state index contributed by atoms with van der Waals surface area (Å²) in [6.07, 6.45) is 4.04. The fourth-order valence-electron chi connectivity index (χ4n) is 4.97. The van der Waals surface area contributed by atoms with E-state index in [2.05, 4.69) is 33.4 Å². The van der Waals surface area contributed by atoms with Crippen LogP contribution in [0, 0.1) is 4.84 Å². The number of nitrogens with one attached hydrogen (secondary N) is 1. The van der Waals surface area contributed by atoms with Gasteiger partial charge in [-0.1, -0.05) is 70.5 Å². The molecule has 0 aliphatic heterocycles. The van der Waals surface area contributed by atoms with Gasteiger partial charge in [-0.05, 0) is 91.6 Å². The van der Waals surface area contributed by atoms with E-state index in [1.54, 1.807) is 0 Å². The second-order valence-corrected chi connectivity index (χ2v) is 10.6. The molecule has 8 heteroatoms. The number of para-hydroxylation sites is 2. The summed E-state index contributed by atoms with van der Waals surface area (Å²) in [4.78, 5) is 10.2. The van der Waals surface area contributed by atoms with Crippen molar-refractivity contribution in [3.8, 4) is 16.8 Å². The Hall–Kier alpha value is -3.46. The third-order valence-electron chi connectivity index (χ3n) is 6.63. The molecule has 2 aromatic heterocycles. The first-order chi connectivity index (χ1) is 18.6. The molecule has 0 amide bonds. The lowest BCUT2D eigenvalue weighted by Crippen LogP contribution is -2.26. The van der Waals surface area contributed by atoms with Crippen LogP contribution in [0.1, 0.15) is 24.1 Å². The molecule has 0 bridgehead atoms. The van der Waals surface area contributed by atoms with Crippen molar-refractivity contribution in [2.24, 2.45) is 4.99 Å². The number of pyridine rings is 1. The van der Waals surface area contributed by atoms with Crippen molar-refractivity contribution in [2.75, 3.05) is 5.32 Å². The van der Waals surface area contributed by atoms with E-state index in [-0.39, 0.29) is 4.84 Å². The number of hydrogen-bond acceptors (Lipinski definition) is 4. The molecule has 0 saturated carbocycles. The first-order valence-corrected chi connectivity index (χ1v) is 14.0. The van der Waals surface area contributed by atoms with Crippen LogP contribution in [0.4, 0.5) is 5.69 Å². The van der Waals surface area contributed by atoms with Crippen LogP contribution in [-0.4, -0.2) is 14.7 Å². The average Bonchev–Trinajstić information content (AvgIpc) is 2.93. The maximum Gasteiger partial charge on any atom is 0.276 e. The third kappa shape index (κ3) is 4.75. The molecule has 0 unspecified atom stereocenters. The zero-order chi connectivity index (χ0) is 26.1. The topological polar surface area (TPSA) is 55.4 Å². The van der Waals surface area contributed by atoms with Gasteiger partial charge in [-0.3, -0.25) is 4.57 Å². The minimum atomic E-state index is 0.256. The van der Waals surface area contributed by atoms with Gasteiger partial charge in [0.2, 0.25) is 5.71 Å². The van der Waals surface area contributed by atoms with Gasteiger partial charge in [-0.2, -0.15) is 0 Å². The Morgan fingerprint density at radius 2 is 1.61 bits per heavy atom. The number of hydrogen-bond donors (Lipinski definition) is 1. The van der Waals surface area contributed by atoms with Gasteiger partial charge in [-0.15, -0.1) is 0 Å². The molecule has 188 valence electrons. The molecule has 3 aromatic carbocycles. The molecule has 0 radical (unpaired) electrons. The monoisotopic (exact) mass is 598 g/mol. The second-order valence-electron chi connectivity index (χ2n) is 9.05. The Kier molecular flexibility index (Phi) is 7.02. The summed E-state index contributed by atoms with van der Waals surface area (Å²) in [5.74, 6) is 0. The first kappa shape index (κ1) is 24.9. The largest absolute Gasteiger partial charge is 0.411 e. The van der Waals surface area contributed by atoms with E-state index in [9.17, 15) is 0 Å². The van der Waals surface area contributed by atoms with Crippen LogP contribution in [0.25, 0.3) is 27.9 Å². The Bertz CT molecular complexity index is 1800. The van der Waals surface area contributed by atoms with Crippen LogP contribution >= 0.6 is 40.4 Å². The number of aryl methyl sites for hydroxylation is 1. The van der Waals surface area contributed by atoms with Crippen molar-refractivity contribution in [1.29, 1.82) is 0 Å². The van der Waals surface area contributed by atoms with Crippen LogP contribution < -0.4 is 10.8 Å². The van der Waals surface area contributed by atoms with E-state index in [0.717, 1.165) is 63.7 Å². The van der Waals surface area contributed by atoms with Crippen LogP contribution in [0.15, 0.2) is 98.8 Å².